The fourth-order valence-electron chi connectivity index (χ4n) is 4.72. The molecule has 8 nitrogen and oxygen atoms in total. The summed E-state index contributed by atoms with van der Waals surface area (Å²) in [5.41, 5.74) is 7.08. The largest absolute Gasteiger partial charge is 0.508 e. The number of phenolic OH excluding ortho intramolecular Hbond substituents is 1. The molecule has 0 unspecified atom stereocenters. The number of hydrogen-bond acceptors (Lipinski definition) is 7. The highest BCUT2D eigenvalue weighted by molar-refractivity contribution is 5.90. The number of cyclic esters (lactones) is 1. The molecule has 0 spiro atoms. The van der Waals surface area contributed by atoms with Crippen molar-refractivity contribution in [3.8, 4) is 17.1 Å². The topological polar surface area (TPSA) is 128 Å². The predicted molar refractivity (Wildman–Crippen MR) is 113 cm³/mol. The summed E-state index contributed by atoms with van der Waals surface area (Å²) in [5, 5.41) is 22.1. The molecule has 4 N–H and O–H groups in total. The standard InChI is InChI=1S/C23H23N3O5/c1-4-23(30)14-8-16-19-11(9-26(16)20(28)13(14)10-31-21(23)29)7-12-15(25-19)5-6-17(27)18(12)22(2,3)24/h5-8,27,30H,4,9-10,24H2,1-3H3/t23-/m0/s1. The van der Waals surface area contributed by atoms with Crippen molar-refractivity contribution < 1.29 is 19.7 Å². The second-order valence-corrected chi connectivity index (χ2v) is 8.85. The summed E-state index contributed by atoms with van der Waals surface area (Å²) in [4.78, 5) is 30.3. The Morgan fingerprint density at radius 2 is 2.03 bits per heavy atom. The number of nitrogens with two attached hydrogens (primary N) is 1. The van der Waals surface area contributed by atoms with Crippen LogP contribution in [0.4, 0.5) is 0 Å². The number of carbonyl (C=O) groups is 1. The Labute approximate surface area is 177 Å². The average molecular weight is 421 g/mol. The summed E-state index contributed by atoms with van der Waals surface area (Å²) in [6, 6.07) is 6.85. The Bertz CT molecular complexity index is 1350. The molecule has 0 amide bonds. The number of phenols is 1. The number of aliphatic hydroxyl groups is 1. The van der Waals surface area contributed by atoms with E-state index in [0.717, 1.165) is 10.9 Å². The Balaban J connectivity index is 1.79. The molecule has 3 aromatic rings. The first-order valence-corrected chi connectivity index (χ1v) is 10.2. The lowest BCUT2D eigenvalue weighted by atomic mass is 9.86. The maximum absolute atomic E-state index is 13.2. The number of carbonyl (C=O) groups excluding carboxylic acids is 1. The van der Waals surface area contributed by atoms with Crippen LogP contribution in [0.25, 0.3) is 22.3 Å². The van der Waals surface area contributed by atoms with Crippen molar-refractivity contribution in [1.82, 2.24) is 9.55 Å². The summed E-state index contributed by atoms with van der Waals surface area (Å²) < 4.78 is 6.68. The molecule has 2 aliphatic rings. The van der Waals surface area contributed by atoms with Crippen LogP contribution in [-0.2, 0) is 33.8 Å². The quantitative estimate of drug-likeness (QED) is 0.422. The van der Waals surface area contributed by atoms with Crippen LogP contribution < -0.4 is 11.3 Å². The van der Waals surface area contributed by atoms with E-state index in [0.29, 0.717) is 22.5 Å². The van der Waals surface area contributed by atoms with Crippen LogP contribution in [0.5, 0.6) is 5.75 Å². The number of pyridine rings is 2. The lowest BCUT2D eigenvalue weighted by Crippen LogP contribution is -2.44. The number of esters is 1. The number of aromatic hydroxyl groups is 1. The molecule has 0 aliphatic carbocycles. The molecule has 0 saturated heterocycles. The van der Waals surface area contributed by atoms with Gasteiger partial charge in [-0.1, -0.05) is 6.92 Å². The number of aromatic nitrogens is 2. The lowest BCUT2D eigenvalue weighted by Gasteiger charge is -2.31. The van der Waals surface area contributed by atoms with Gasteiger partial charge in [-0.3, -0.25) is 4.79 Å². The summed E-state index contributed by atoms with van der Waals surface area (Å²) in [6.45, 7) is 5.41. The summed E-state index contributed by atoms with van der Waals surface area (Å²) in [7, 11) is 0. The molecule has 160 valence electrons. The van der Waals surface area contributed by atoms with Crippen LogP contribution in [0, 0.1) is 0 Å². The van der Waals surface area contributed by atoms with Crippen molar-refractivity contribution >= 4 is 16.9 Å². The van der Waals surface area contributed by atoms with Gasteiger partial charge in [0, 0.05) is 27.6 Å². The highest BCUT2D eigenvalue weighted by atomic mass is 16.6. The minimum absolute atomic E-state index is 0.0912. The summed E-state index contributed by atoms with van der Waals surface area (Å²) >= 11 is 0. The normalized spacial score (nSPS) is 19.7. The maximum atomic E-state index is 13.2. The predicted octanol–water partition coefficient (Wildman–Crippen LogP) is 1.98. The third-order valence-electron chi connectivity index (χ3n) is 6.31. The number of rotatable bonds is 2. The van der Waals surface area contributed by atoms with E-state index < -0.39 is 17.1 Å². The highest BCUT2D eigenvalue weighted by Gasteiger charge is 2.45. The molecule has 0 saturated carbocycles. The fraction of sp³-hybridized carbons (Fsp3) is 0.348. The third kappa shape index (κ3) is 2.58. The molecule has 1 atom stereocenters. The molecular weight excluding hydrogens is 398 g/mol. The number of benzene rings is 1. The van der Waals surface area contributed by atoms with Gasteiger partial charge in [0.25, 0.3) is 5.56 Å². The van der Waals surface area contributed by atoms with E-state index in [1.807, 2.05) is 19.9 Å². The van der Waals surface area contributed by atoms with E-state index in [1.54, 1.807) is 29.7 Å². The van der Waals surface area contributed by atoms with Gasteiger partial charge in [0.15, 0.2) is 5.60 Å². The van der Waals surface area contributed by atoms with Crippen LogP contribution >= 0.6 is 0 Å². The summed E-state index contributed by atoms with van der Waals surface area (Å²) in [6.07, 6.45) is 0.0912. The van der Waals surface area contributed by atoms with E-state index in [1.165, 1.54) is 0 Å². The van der Waals surface area contributed by atoms with Crippen LogP contribution in [0.2, 0.25) is 0 Å². The third-order valence-corrected chi connectivity index (χ3v) is 6.31. The van der Waals surface area contributed by atoms with Crippen molar-refractivity contribution in [2.45, 2.75) is 51.5 Å². The van der Waals surface area contributed by atoms with Gasteiger partial charge in [0.2, 0.25) is 0 Å². The first-order valence-electron chi connectivity index (χ1n) is 10.2. The Morgan fingerprint density at radius 1 is 1.29 bits per heavy atom. The second-order valence-electron chi connectivity index (χ2n) is 8.85. The molecule has 31 heavy (non-hydrogen) atoms. The monoisotopic (exact) mass is 421 g/mol. The SMILES string of the molecule is CC[C@@]1(O)C(=O)OCc2c1cc1n(c2=O)Cc2cc3c(C(C)(C)N)c(O)ccc3nc2-1. The molecule has 4 heterocycles. The van der Waals surface area contributed by atoms with E-state index in [9.17, 15) is 19.8 Å². The number of fused-ring (bicyclic) bond motifs is 5. The molecule has 2 aromatic heterocycles. The molecule has 8 heteroatoms. The molecule has 1 aromatic carbocycles. The van der Waals surface area contributed by atoms with E-state index in [-0.39, 0.29) is 42.0 Å². The smallest absolute Gasteiger partial charge is 0.343 e. The van der Waals surface area contributed by atoms with Gasteiger partial charge in [0.05, 0.1) is 29.0 Å². The van der Waals surface area contributed by atoms with Gasteiger partial charge in [0.1, 0.15) is 12.4 Å². The van der Waals surface area contributed by atoms with Gasteiger partial charge >= 0.3 is 5.97 Å². The van der Waals surface area contributed by atoms with E-state index in [2.05, 4.69) is 0 Å². The van der Waals surface area contributed by atoms with Crippen LogP contribution in [0.15, 0.2) is 29.1 Å². The van der Waals surface area contributed by atoms with Crippen LogP contribution in [0.3, 0.4) is 0 Å². The van der Waals surface area contributed by atoms with E-state index in [4.69, 9.17) is 15.5 Å². The molecule has 5 rings (SSSR count). The van der Waals surface area contributed by atoms with Crippen LogP contribution in [-0.4, -0.2) is 25.7 Å². The second kappa shape index (κ2) is 6.15. The van der Waals surface area contributed by atoms with E-state index >= 15 is 0 Å². The minimum atomic E-state index is -1.86. The van der Waals surface area contributed by atoms with Crippen molar-refractivity contribution in [1.29, 1.82) is 0 Å². The fourth-order valence-corrected chi connectivity index (χ4v) is 4.72. The van der Waals surface area contributed by atoms with Gasteiger partial charge in [-0.25, -0.2) is 9.78 Å². The number of ether oxygens (including phenoxy) is 1. The average Bonchev–Trinajstić information content (AvgIpc) is 3.06. The first kappa shape index (κ1) is 19.7. The number of nitrogens with zero attached hydrogens (tertiary/aromatic N) is 2. The highest BCUT2D eigenvalue weighted by Crippen LogP contribution is 2.40. The van der Waals surface area contributed by atoms with Gasteiger partial charge in [-0.2, -0.15) is 0 Å². The molecule has 0 radical (unpaired) electrons. The van der Waals surface area contributed by atoms with Gasteiger partial charge in [-0.05, 0) is 44.5 Å². The summed E-state index contributed by atoms with van der Waals surface area (Å²) in [5.74, 6) is -0.657. The minimum Gasteiger partial charge on any atom is -0.508 e. The van der Waals surface area contributed by atoms with Crippen LogP contribution in [0.1, 0.15) is 49.4 Å². The molecule has 2 aliphatic heterocycles. The maximum Gasteiger partial charge on any atom is 0.343 e. The van der Waals surface area contributed by atoms with Crippen molar-refractivity contribution in [2.24, 2.45) is 5.73 Å². The Kier molecular flexibility index (Phi) is 3.91. The zero-order valence-corrected chi connectivity index (χ0v) is 17.5. The molecule has 0 bridgehead atoms. The molecular formula is C23H23N3O5. The first-order chi connectivity index (χ1) is 14.6. The van der Waals surface area contributed by atoms with Gasteiger partial charge in [-0.15, -0.1) is 0 Å². The zero-order chi connectivity index (χ0) is 22.3. The van der Waals surface area contributed by atoms with Crippen molar-refractivity contribution in [2.75, 3.05) is 0 Å². The van der Waals surface area contributed by atoms with Crippen molar-refractivity contribution in [3.63, 3.8) is 0 Å². The van der Waals surface area contributed by atoms with Crippen molar-refractivity contribution in [3.05, 3.63) is 56.9 Å². The Hall–Kier alpha value is -3.23. The number of hydrogen-bond donors (Lipinski definition) is 3. The zero-order valence-electron chi connectivity index (χ0n) is 17.5. The Morgan fingerprint density at radius 3 is 2.71 bits per heavy atom. The van der Waals surface area contributed by atoms with Gasteiger partial charge < -0.3 is 25.3 Å². The lowest BCUT2D eigenvalue weighted by molar-refractivity contribution is -0.172. The molecule has 0 fully saturated rings.